The molecule has 8 nitrogen and oxygen atoms in total. The topological polar surface area (TPSA) is 111 Å². The molecule has 0 spiro atoms. The Morgan fingerprint density at radius 3 is 2.25 bits per heavy atom. The summed E-state index contributed by atoms with van der Waals surface area (Å²) in [6, 6.07) is 7.44. The van der Waals surface area contributed by atoms with E-state index in [9.17, 15) is 18.1 Å². The van der Waals surface area contributed by atoms with Gasteiger partial charge in [0.2, 0.25) is 0 Å². The number of hydrogen-bond donors (Lipinski definition) is 1. The molecule has 0 bridgehead atoms. The molecule has 36 heavy (non-hydrogen) atoms. The van der Waals surface area contributed by atoms with Crippen molar-refractivity contribution in [3.8, 4) is 5.75 Å². The number of thiophene rings is 1. The average Bonchev–Trinajstić information content (AvgIpc) is 3.22. The number of rotatable bonds is 12. The fourth-order valence-corrected chi connectivity index (χ4v) is 7.19. The quantitative estimate of drug-likeness (QED) is 0.283. The molecule has 1 aromatic heterocycles. The minimum atomic E-state index is -3.87. The fourth-order valence-electron chi connectivity index (χ4n) is 4.12. The first-order valence-electron chi connectivity index (χ1n) is 12.0. The van der Waals surface area contributed by atoms with Gasteiger partial charge in [0, 0.05) is 10.3 Å². The van der Waals surface area contributed by atoms with Crippen LogP contribution in [0.3, 0.4) is 0 Å². The van der Waals surface area contributed by atoms with Crippen LogP contribution in [-0.2, 0) is 25.0 Å². The maximum absolute atomic E-state index is 12.9. The van der Waals surface area contributed by atoms with Crippen molar-refractivity contribution in [3.05, 3.63) is 50.7 Å². The highest BCUT2D eigenvalue weighted by atomic mass is 32.2. The maximum atomic E-state index is 12.9. The molecular formula is C26H38N2O6S2. The normalized spacial score (nSPS) is 13.3. The number of esters is 1. The number of ether oxygens (including phenoxy) is 2. The number of carbonyl (C=O) groups excluding carboxylic acids is 1. The van der Waals surface area contributed by atoms with E-state index in [1.54, 1.807) is 6.92 Å². The van der Waals surface area contributed by atoms with Crippen LogP contribution in [0.2, 0.25) is 0 Å². The van der Waals surface area contributed by atoms with Crippen molar-refractivity contribution in [1.29, 1.82) is 0 Å². The maximum Gasteiger partial charge on any atom is 0.320 e. The molecule has 1 aromatic carbocycles. The number of methoxy groups -OCH3 is 1. The van der Waals surface area contributed by atoms with E-state index < -0.39 is 34.0 Å². The molecule has 0 radical (unpaired) electrons. The summed E-state index contributed by atoms with van der Waals surface area (Å²) in [5.41, 5.74) is 1.93. The third-order valence-electron chi connectivity index (χ3n) is 6.68. The predicted octanol–water partition coefficient (Wildman–Crippen LogP) is 5.48. The van der Waals surface area contributed by atoms with E-state index in [1.807, 2.05) is 45.9 Å². The minimum absolute atomic E-state index is 0.193. The van der Waals surface area contributed by atoms with Crippen LogP contribution < -0.4 is 9.46 Å². The second-order valence-corrected chi connectivity index (χ2v) is 13.1. The Morgan fingerprint density at radius 2 is 1.75 bits per heavy atom. The Kier molecular flexibility index (Phi) is 9.84. The zero-order valence-electron chi connectivity index (χ0n) is 22.4. The number of aryl methyl sites for hydroxylation is 2. The van der Waals surface area contributed by atoms with E-state index in [4.69, 9.17) is 4.74 Å². The number of nitrogens with zero attached hydrogens (tertiary/aromatic N) is 1. The molecule has 0 aliphatic rings. The van der Waals surface area contributed by atoms with Gasteiger partial charge in [-0.1, -0.05) is 51.9 Å². The second-order valence-electron chi connectivity index (χ2n) is 10.0. The summed E-state index contributed by atoms with van der Waals surface area (Å²) in [6.07, 6.45) is 1.53. The number of nitrogens with one attached hydrogen (secondary N) is 1. The molecule has 0 amide bonds. The first-order valence-corrected chi connectivity index (χ1v) is 14.3. The van der Waals surface area contributed by atoms with Gasteiger partial charge in [-0.25, -0.2) is 8.42 Å². The Bertz CT molecular complexity index is 1180. The SMILES string of the molecule is CCC(CC)(c1ccc(OCC(N=O)C(C)(C)C)c(C)c1)c1cc(C)c(S(=O)(=O)NCC(=O)OC)s1. The van der Waals surface area contributed by atoms with E-state index in [2.05, 4.69) is 34.5 Å². The number of hydrogen-bond acceptors (Lipinski definition) is 8. The number of carbonyl (C=O) groups is 1. The van der Waals surface area contributed by atoms with Crippen LogP contribution in [0.25, 0.3) is 0 Å². The van der Waals surface area contributed by atoms with Gasteiger partial charge in [0.05, 0.1) is 7.11 Å². The summed E-state index contributed by atoms with van der Waals surface area (Å²) in [4.78, 5) is 23.7. The van der Waals surface area contributed by atoms with Gasteiger partial charge in [-0.3, -0.25) is 4.79 Å². The lowest BCUT2D eigenvalue weighted by atomic mass is 9.74. The van der Waals surface area contributed by atoms with Gasteiger partial charge in [-0.05, 0) is 60.9 Å². The van der Waals surface area contributed by atoms with Gasteiger partial charge < -0.3 is 9.47 Å². The number of sulfonamides is 1. The van der Waals surface area contributed by atoms with Crippen LogP contribution in [0.4, 0.5) is 0 Å². The Balaban J connectivity index is 2.41. The summed E-state index contributed by atoms with van der Waals surface area (Å²) in [7, 11) is -2.66. The lowest BCUT2D eigenvalue weighted by Gasteiger charge is -2.32. The summed E-state index contributed by atoms with van der Waals surface area (Å²) in [5, 5.41) is 3.23. The third kappa shape index (κ3) is 6.52. The summed E-state index contributed by atoms with van der Waals surface area (Å²) < 4.78 is 38.8. The zero-order valence-corrected chi connectivity index (χ0v) is 24.1. The van der Waals surface area contributed by atoms with Crippen molar-refractivity contribution in [2.45, 2.75) is 77.0 Å². The molecule has 200 valence electrons. The minimum Gasteiger partial charge on any atom is -0.491 e. The van der Waals surface area contributed by atoms with Crippen LogP contribution in [0.1, 0.15) is 69.0 Å². The molecule has 0 saturated heterocycles. The third-order valence-corrected chi connectivity index (χ3v) is 10.2. The highest BCUT2D eigenvalue weighted by Crippen LogP contribution is 2.45. The molecule has 0 aliphatic heterocycles. The molecule has 2 aromatic rings. The lowest BCUT2D eigenvalue weighted by Crippen LogP contribution is -2.30. The van der Waals surface area contributed by atoms with Gasteiger partial charge in [-0.15, -0.1) is 11.3 Å². The largest absolute Gasteiger partial charge is 0.491 e. The molecular weight excluding hydrogens is 500 g/mol. The van der Waals surface area contributed by atoms with Crippen LogP contribution >= 0.6 is 11.3 Å². The van der Waals surface area contributed by atoms with Gasteiger partial charge in [0.1, 0.15) is 29.2 Å². The molecule has 1 N–H and O–H groups in total. The van der Waals surface area contributed by atoms with E-state index in [0.717, 1.165) is 28.8 Å². The zero-order chi connectivity index (χ0) is 27.3. The van der Waals surface area contributed by atoms with E-state index in [-0.39, 0.29) is 16.2 Å². The smallest absolute Gasteiger partial charge is 0.320 e. The first kappa shape index (κ1) is 29.9. The van der Waals surface area contributed by atoms with Crippen LogP contribution in [0.15, 0.2) is 33.7 Å². The van der Waals surface area contributed by atoms with Crippen molar-refractivity contribution < 1.29 is 22.7 Å². The predicted molar refractivity (Wildman–Crippen MR) is 143 cm³/mol. The molecule has 0 saturated carbocycles. The number of nitroso groups, excluding NO2 is 1. The van der Waals surface area contributed by atoms with Gasteiger partial charge in [-0.2, -0.15) is 9.63 Å². The molecule has 1 atom stereocenters. The van der Waals surface area contributed by atoms with Crippen LogP contribution in [-0.4, -0.2) is 40.7 Å². The van der Waals surface area contributed by atoms with Crippen molar-refractivity contribution in [2.24, 2.45) is 10.6 Å². The molecule has 0 aliphatic carbocycles. The van der Waals surface area contributed by atoms with Crippen LogP contribution in [0, 0.1) is 24.2 Å². The fraction of sp³-hybridized carbons (Fsp3) is 0.577. The van der Waals surface area contributed by atoms with Crippen molar-refractivity contribution >= 4 is 27.3 Å². The van der Waals surface area contributed by atoms with E-state index in [1.165, 1.54) is 18.4 Å². The Labute approximate surface area is 218 Å². The molecule has 0 fully saturated rings. The van der Waals surface area contributed by atoms with E-state index >= 15 is 0 Å². The van der Waals surface area contributed by atoms with Crippen LogP contribution in [0.5, 0.6) is 5.75 Å². The second kappa shape index (κ2) is 11.8. The summed E-state index contributed by atoms with van der Waals surface area (Å²) >= 11 is 1.23. The van der Waals surface area contributed by atoms with Gasteiger partial charge >= 0.3 is 5.97 Å². The van der Waals surface area contributed by atoms with Crippen molar-refractivity contribution in [2.75, 3.05) is 20.3 Å². The van der Waals surface area contributed by atoms with Crippen molar-refractivity contribution in [1.82, 2.24) is 4.72 Å². The Hall–Kier alpha value is -2.30. The first-order chi connectivity index (χ1) is 16.7. The van der Waals surface area contributed by atoms with E-state index in [0.29, 0.717) is 11.3 Å². The highest BCUT2D eigenvalue weighted by molar-refractivity contribution is 7.91. The standard InChI is InChI=1S/C26H38N2O6S2/c1-9-26(10-2,22-14-18(4)24(35-22)36(31,32)27-15-23(29)33-8)19-11-12-20(17(3)13-19)34-16-21(28-30)25(5,6)7/h11-14,21,27H,9-10,15-16H2,1-8H3. The van der Waals surface area contributed by atoms with Crippen molar-refractivity contribution in [3.63, 3.8) is 0 Å². The summed E-state index contributed by atoms with van der Waals surface area (Å²) in [5.74, 6) is 0.0374. The molecule has 2 rings (SSSR count). The monoisotopic (exact) mass is 538 g/mol. The van der Waals surface area contributed by atoms with Gasteiger partial charge in [0.15, 0.2) is 0 Å². The summed E-state index contributed by atoms with van der Waals surface area (Å²) in [6.45, 7) is 13.5. The number of benzene rings is 1. The molecule has 10 heteroatoms. The molecule has 1 heterocycles. The van der Waals surface area contributed by atoms with Gasteiger partial charge in [0.25, 0.3) is 10.0 Å². The molecule has 1 unspecified atom stereocenters. The Morgan fingerprint density at radius 1 is 1.11 bits per heavy atom. The highest BCUT2D eigenvalue weighted by Gasteiger charge is 2.35. The lowest BCUT2D eigenvalue weighted by molar-refractivity contribution is -0.139. The average molecular weight is 539 g/mol.